The van der Waals surface area contributed by atoms with E-state index in [0.717, 1.165) is 17.9 Å². The summed E-state index contributed by atoms with van der Waals surface area (Å²) in [5.41, 5.74) is 0.700. The number of rotatable bonds is 4. The van der Waals surface area contributed by atoms with Crippen LogP contribution in [0.2, 0.25) is 0 Å². The largest absolute Gasteiger partial charge is 0.311 e. The number of nitrogens with one attached hydrogen (secondary N) is 1. The van der Waals surface area contributed by atoms with Crippen molar-refractivity contribution in [3.63, 3.8) is 0 Å². The third-order valence-corrected chi connectivity index (χ3v) is 5.14. The van der Waals surface area contributed by atoms with Gasteiger partial charge in [0, 0.05) is 32.2 Å². The predicted octanol–water partition coefficient (Wildman–Crippen LogP) is 2.11. The van der Waals surface area contributed by atoms with Crippen LogP contribution in [-0.2, 0) is 0 Å². The van der Waals surface area contributed by atoms with Crippen molar-refractivity contribution in [1.29, 1.82) is 0 Å². The van der Waals surface area contributed by atoms with Crippen molar-refractivity contribution in [3.05, 3.63) is 0 Å². The van der Waals surface area contributed by atoms with Crippen LogP contribution in [0.15, 0.2) is 0 Å². The van der Waals surface area contributed by atoms with Gasteiger partial charge < -0.3 is 5.32 Å². The van der Waals surface area contributed by atoms with Crippen LogP contribution in [0.3, 0.4) is 0 Å². The second kappa shape index (κ2) is 3.99. The Hall–Kier alpha value is -0.0800. The first-order valence-corrected chi connectivity index (χ1v) is 7.15. The second-order valence-corrected chi connectivity index (χ2v) is 6.65. The molecule has 1 unspecified atom stereocenters. The van der Waals surface area contributed by atoms with E-state index in [0.29, 0.717) is 5.41 Å². The average Bonchev–Trinajstić information content (AvgIpc) is 3.13. The maximum atomic E-state index is 3.70. The zero-order valence-electron chi connectivity index (χ0n) is 10.8. The van der Waals surface area contributed by atoms with Gasteiger partial charge in [0.25, 0.3) is 0 Å². The van der Waals surface area contributed by atoms with Gasteiger partial charge in [0.2, 0.25) is 0 Å². The van der Waals surface area contributed by atoms with E-state index in [1.54, 1.807) is 0 Å². The lowest BCUT2D eigenvalue weighted by atomic mass is 9.91. The minimum Gasteiger partial charge on any atom is -0.311 e. The molecule has 0 amide bonds. The van der Waals surface area contributed by atoms with Crippen molar-refractivity contribution in [3.8, 4) is 0 Å². The summed E-state index contributed by atoms with van der Waals surface area (Å²) in [6.07, 6.45) is 5.90. The summed E-state index contributed by atoms with van der Waals surface area (Å²) < 4.78 is 0. The van der Waals surface area contributed by atoms with Gasteiger partial charge in [0.1, 0.15) is 0 Å². The smallest absolute Gasteiger partial charge is 0.0223 e. The Balaban J connectivity index is 1.54. The van der Waals surface area contributed by atoms with Crippen molar-refractivity contribution in [2.24, 2.45) is 17.3 Å². The molecule has 3 rings (SSSR count). The molecule has 2 heteroatoms. The molecule has 16 heavy (non-hydrogen) atoms. The molecule has 1 aliphatic heterocycles. The molecule has 0 spiro atoms. The molecule has 0 radical (unpaired) electrons. The number of hydrogen-bond donors (Lipinski definition) is 1. The Morgan fingerprint density at radius 1 is 1.31 bits per heavy atom. The minimum absolute atomic E-state index is 0.700. The van der Waals surface area contributed by atoms with Crippen molar-refractivity contribution in [2.75, 3.05) is 26.2 Å². The second-order valence-electron chi connectivity index (χ2n) is 6.65. The van der Waals surface area contributed by atoms with E-state index in [2.05, 4.69) is 24.1 Å². The third-order valence-electron chi connectivity index (χ3n) is 5.14. The van der Waals surface area contributed by atoms with E-state index in [1.807, 2.05) is 0 Å². The van der Waals surface area contributed by atoms with Gasteiger partial charge in [-0.1, -0.05) is 13.8 Å². The molecule has 3 fully saturated rings. The maximum Gasteiger partial charge on any atom is 0.0223 e. The quantitative estimate of drug-likeness (QED) is 0.784. The summed E-state index contributed by atoms with van der Waals surface area (Å²) in [6.45, 7) is 10.0. The number of nitrogens with zero attached hydrogens (tertiary/aromatic N) is 1. The highest BCUT2D eigenvalue weighted by Gasteiger charge is 2.47. The van der Waals surface area contributed by atoms with Crippen LogP contribution in [0.1, 0.15) is 39.5 Å². The molecule has 0 aromatic carbocycles. The fourth-order valence-corrected chi connectivity index (χ4v) is 3.32. The van der Waals surface area contributed by atoms with Gasteiger partial charge in [-0.25, -0.2) is 0 Å². The maximum absolute atomic E-state index is 3.70. The van der Waals surface area contributed by atoms with Crippen LogP contribution in [0.5, 0.6) is 0 Å². The number of hydrogen-bond acceptors (Lipinski definition) is 2. The predicted molar refractivity (Wildman–Crippen MR) is 67.5 cm³/mol. The highest BCUT2D eigenvalue weighted by Crippen LogP contribution is 2.52. The minimum atomic E-state index is 0.700. The molecule has 0 aromatic rings. The van der Waals surface area contributed by atoms with Gasteiger partial charge in [-0.3, -0.25) is 4.90 Å². The standard InChI is InChI=1S/C14H26N2/c1-11(2)14(5-6-14)10-16-8-7-15-13(9-16)12-3-4-12/h11-13,15H,3-10H2,1-2H3. The van der Waals surface area contributed by atoms with Crippen LogP contribution < -0.4 is 5.32 Å². The van der Waals surface area contributed by atoms with E-state index in [-0.39, 0.29) is 0 Å². The molecular weight excluding hydrogens is 196 g/mol. The zero-order valence-corrected chi connectivity index (χ0v) is 10.8. The fraction of sp³-hybridized carbons (Fsp3) is 1.00. The Kier molecular flexibility index (Phi) is 2.75. The molecule has 1 heterocycles. The summed E-state index contributed by atoms with van der Waals surface area (Å²) in [4.78, 5) is 2.74. The fourth-order valence-electron chi connectivity index (χ4n) is 3.32. The first kappa shape index (κ1) is 11.0. The molecular formula is C14H26N2. The van der Waals surface area contributed by atoms with Gasteiger partial charge in [0.05, 0.1) is 0 Å². The monoisotopic (exact) mass is 222 g/mol. The van der Waals surface area contributed by atoms with Crippen LogP contribution >= 0.6 is 0 Å². The Labute approximate surface area is 99.8 Å². The van der Waals surface area contributed by atoms with Crippen molar-refractivity contribution in [2.45, 2.75) is 45.6 Å². The molecule has 3 aliphatic rings. The van der Waals surface area contributed by atoms with E-state index in [1.165, 1.54) is 51.9 Å². The SMILES string of the molecule is CC(C)C1(CN2CCNC(C3CC3)C2)CC1. The lowest BCUT2D eigenvalue weighted by molar-refractivity contribution is 0.138. The normalized spacial score (nSPS) is 34.3. The lowest BCUT2D eigenvalue weighted by Crippen LogP contribution is -2.53. The molecule has 0 aromatic heterocycles. The third kappa shape index (κ3) is 2.14. The molecule has 2 nitrogen and oxygen atoms in total. The van der Waals surface area contributed by atoms with Crippen molar-refractivity contribution >= 4 is 0 Å². The van der Waals surface area contributed by atoms with E-state index in [4.69, 9.17) is 0 Å². The molecule has 1 atom stereocenters. The highest BCUT2D eigenvalue weighted by atomic mass is 15.2. The van der Waals surface area contributed by atoms with Crippen LogP contribution in [-0.4, -0.2) is 37.1 Å². The lowest BCUT2D eigenvalue weighted by Gasteiger charge is -2.37. The number of piperazine rings is 1. The summed E-state index contributed by atoms with van der Waals surface area (Å²) in [7, 11) is 0. The average molecular weight is 222 g/mol. The Bertz CT molecular complexity index is 253. The van der Waals surface area contributed by atoms with Gasteiger partial charge >= 0.3 is 0 Å². The summed E-state index contributed by atoms with van der Waals surface area (Å²) in [6, 6.07) is 0.816. The summed E-state index contributed by atoms with van der Waals surface area (Å²) >= 11 is 0. The molecule has 2 saturated carbocycles. The Morgan fingerprint density at radius 3 is 2.62 bits per heavy atom. The first-order chi connectivity index (χ1) is 7.70. The van der Waals surface area contributed by atoms with Gasteiger partial charge in [-0.15, -0.1) is 0 Å². The van der Waals surface area contributed by atoms with Crippen LogP contribution in [0.25, 0.3) is 0 Å². The Morgan fingerprint density at radius 2 is 2.06 bits per heavy atom. The van der Waals surface area contributed by atoms with Crippen molar-refractivity contribution < 1.29 is 0 Å². The molecule has 92 valence electrons. The van der Waals surface area contributed by atoms with Gasteiger partial charge in [-0.05, 0) is 42.9 Å². The van der Waals surface area contributed by atoms with Crippen LogP contribution in [0.4, 0.5) is 0 Å². The molecule has 1 saturated heterocycles. The summed E-state index contributed by atoms with van der Waals surface area (Å²) in [5, 5.41) is 3.70. The van der Waals surface area contributed by atoms with Gasteiger partial charge in [0.15, 0.2) is 0 Å². The topological polar surface area (TPSA) is 15.3 Å². The zero-order chi connectivity index (χ0) is 11.2. The van der Waals surface area contributed by atoms with E-state index in [9.17, 15) is 0 Å². The molecule has 1 N–H and O–H groups in total. The molecule has 0 bridgehead atoms. The van der Waals surface area contributed by atoms with Crippen molar-refractivity contribution in [1.82, 2.24) is 10.2 Å². The van der Waals surface area contributed by atoms with E-state index >= 15 is 0 Å². The molecule has 2 aliphatic carbocycles. The first-order valence-electron chi connectivity index (χ1n) is 7.15. The van der Waals surface area contributed by atoms with Gasteiger partial charge in [-0.2, -0.15) is 0 Å². The van der Waals surface area contributed by atoms with Crippen LogP contribution in [0, 0.1) is 17.3 Å². The highest BCUT2D eigenvalue weighted by molar-refractivity contribution is 5.00. The summed E-state index contributed by atoms with van der Waals surface area (Å²) in [5.74, 6) is 1.89. The van der Waals surface area contributed by atoms with E-state index < -0.39 is 0 Å².